The molecule has 29 heavy (non-hydrogen) atoms. The van der Waals surface area contributed by atoms with Crippen LogP contribution in [0.25, 0.3) is 11.4 Å². The van der Waals surface area contributed by atoms with Crippen LogP contribution in [0.1, 0.15) is 0 Å². The summed E-state index contributed by atoms with van der Waals surface area (Å²) in [5.41, 5.74) is 1.51. The highest BCUT2D eigenvalue weighted by Gasteiger charge is 2.16. The van der Waals surface area contributed by atoms with Crippen LogP contribution in [0.2, 0.25) is 0 Å². The first-order valence-corrected chi connectivity index (χ1v) is 9.89. The van der Waals surface area contributed by atoms with Crippen molar-refractivity contribution in [3.63, 3.8) is 0 Å². The maximum absolute atomic E-state index is 12.4. The number of allylic oxidation sites excluding steroid dienone is 1. The van der Waals surface area contributed by atoms with E-state index in [1.165, 1.54) is 11.8 Å². The van der Waals surface area contributed by atoms with Gasteiger partial charge in [0.1, 0.15) is 11.5 Å². The van der Waals surface area contributed by atoms with Crippen LogP contribution in [0.15, 0.2) is 66.3 Å². The number of hydrogen-bond donors (Lipinski definition) is 1. The van der Waals surface area contributed by atoms with E-state index in [2.05, 4.69) is 22.1 Å². The average molecular weight is 410 g/mol. The van der Waals surface area contributed by atoms with Gasteiger partial charge in [0, 0.05) is 12.1 Å². The molecule has 1 N–H and O–H groups in total. The standard InChI is InChI=1S/C21H22N4O3S/c1-4-12-25-20(15-8-7-9-16(13-15)27-2)23-24-21(25)29-14-19(26)22-17-10-5-6-11-18(17)28-3/h4-11,13H,1,12,14H2,2-3H3,(H,22,26). The van der Waals surface area contributed by atoms with Crippen LogP contribution in [0, 0.1) is 0 Å². The molecule has 0 aliphatic carbocycles. The van der Waals surface area contributed by atoms with E-state index in [0.29, 0.717) is 29.0 Å². The zero-order valence-electron chi connectivity index (χ0n) is 16.3. The normalized spacial score (nSPS) is 10.4. The topological polar surface area (TPSA) is 78.3 Å². The Morgan fingerprint density at radius 3 is 2.76 bits per heavy atom. The van der Waals surface area contributed by atoms with Gasteiger partial charge in [-0.25, -0.2) is 0 Å². The van der Waals surface area contributed by atoms with Crippen molar-refractivity contribution in [3.05, 3.63) is 61.2 Å². The molecule has 0 atom stereocenters. The van der Waals surface area contributed by atoms with Gasteiger partial charge in [0.15, 0.2) is 11.0 Å². The van der Waals surface area contributed by atoms with Crippen molar-refractivity contribution in [1.82, 2.24) is 14.8 Å². The minimum Gasteiger partial charge on any atom is -0.497 e. The Hall–Kier alpha value is -3.26. The lowest BCUT2D eigenvalue weighted by Crippen LogP contribution is -2.15. The largest absolute Gasteiger partial charge is 0.497 e. The first kappa shape index (κ1) is 20.5. The molecule has 150 valence electrons. The molecule has 0 saturated heterocycles. The number of rotatable bonds is 9. The molecular formula is C21H22N4O3S. The van der Waals surface area contributed by atoms with Gasteiger partial charge in [0.05, 0.1) is 25.7 Å². The second kappa shape index (κ2) is 9.79. The average Bonchev–Trinajstić information content (AvgIpc) is 3.15. The lowest BCUT2D eigenvalue weighted by Gasteiger charge is -2.10. The van der Waals surface area contributed by atoms with Crippen molar-refractivity contribution in [3.8, 4) is 22.9 Å². The molecule has 7 nitrogen and oxygen atoms in total. The fourth-order valence-corrected chi connectivity index (χ4v) is 3.48. The number of ether oxygens (including phenoxy) is 2. The van der Waals surface area contributed by atoms with E-state index in [1.54, 1.807) is 32.4 Å². The number of carbonyl (C=O) groups excluding carboxylic acids is 1. The van der Waals surface area contributed by atoms with Crippen LogP contribution in [0.5, 0.6) is 11.5 Å². The Bertz CT molecular complexity index is 1000. The van der Waals surface area contributed by atoms with Crippen molar-refractivity contribution in [1.29, 1.82) is 0 Å². The third kappa shape index (κ3) is 4.97. The summed E-state index contributed by atoms with van der Waals surface area (Å²) in [6.07, 6.45) is 1.77. The summed E-state index contributed by atoms with van der Waals surface area (Å²) in [4.78, 5) is 12.4. The first-order chi connectivity index (χ1) is 14.2. The maximum Gasteiger partial charge on any atom is 0.234 e. The van der Waals surface area contributed by atoms with Crippen molar-refractivity contribution < 1.29 is 14.3 Å². The van der Waals surface area contributed by atoms with Gasteiger partial charge in [-0.1, -0.05) is 42.1 Å². The second-order valence-corrected chi connectivity index (χ2v) is 6.92. The molecule has 0 radical (unpaired) electrons. The van der Waals surface area contributed by atoms with Gasteiger partial charge >= 0.3 is 0 Å². The van der Waals surface area contributed by atoms with E-state index in [-0.39, 0.29) is 11.7 Å². The molecule has 0 unspecified atom stereocenters. The smallest absolute Gasteiger partial charge is 0.234 e. The van der Waals surface area contributed by atoms with Crippen LogP contribution >= 0.6 is 11.8 Å². The number of para-hydroxylation sites is 2. The van der Waals surface area contributed by atoms with Gasteiger partial charge in [-0.05, 0) is 24.3 Å². The first-order valence-electron chi connectivity index (χ1n) is 8.90. The van der Waals surface area contributed by atoms with Gasteiger partial charge in [0.2, 0.25) is 5.91 Å². The number of aromatic nitrogens is 3. The molecule has 0 aliphatic rings. The number of carbonyl (C=O) groups is 1. The third-order valence-electron chi connectivity index (χ3n) is 4.07. The highest BCUT2D eigenvalue weighted by Crippen LogP contribution is 2.27. The van der Waals surface area contributed by atoms with E-state index in [4.69, 9.17) is 9.47 Å². The lowest BCUT2D eigenvalue weighted by molar-refractivity contribution is -0.113. The van der Waals surface area contributed by atoms with Gasteiger partial charge in [-0.3, -0.25) is 9.36 Å². The van der Waals surface area contributed by atoms with E-state index >= 15 is 0 Å². The number of amides is 1. The monoisotopic (exact) mass is 410 g/mol. The van der Waals surface area contributed by atoms with Crippen LogP contribution in [0.4, 0.5) is 5.69 Å². The quantitative estimate of drug-likeness (QED) is 0.426. The summed E-state index contributed by atoms with van der Waals surface area (Å²) in [5, 5.41) is 12.1. The molecule has 0 aliphatic heterocycles. The maximum atomic E-state index is 12.4. The minimum atomic E-state index is -0.157. The Morgan fingerprint density at radius 2 is 2.00 bits per heavy atom. The van der Waals surface area contributed by atoms with E-state index in [0.717, 1.165) is 11.3 Å². The predicted octanol–water partition coefficient (Wildman–Crippen LogP) is 3.88. The van der Waals surface area contributed by atoms with Crippen LogP contribution in [-0.4, -0.2) is 40.6 Å². The number of methoxy groups -OCH3 is 2. The number of thioether (sulfide) groups is 1. The zero-order chi connectivity index (χ0) is 20.6. The highest BCUT2D eigenvalue weighted by molar-refractivity contribution is 7.99. The number of benzene rings is 2. The van der Waals surface area contributed by atoms with Crippen molar-refractivity contribution >= 4 is 23.4 Å². The molecule has 0 spiro atoms. The Balaban J connectivity index is 1.74. The molecule has 0 bridgehead atoms. The summed E-state index contributed by atoms with van der Waals surface area (Å²) >= 11 is 1.31. The molecule has 1 aromatic heterocycles. The van der Waals surface area contributed by atoms with Gasteiger partial charge in [-0.15, -0.1) is 16.8 Å². The molecule has 0 saturated carbocycles. The molecular weight excluding hydrogens is 388 g/mol. The van der Waals surface area contributed by atoms with E-state index in [1.807, 2.05) is 41.0 Å². The lowest BCUT2D eigenvalue weighted by atomic mass is 10.2. The van der Waals surface area contributed by atoms with Crippen molar-refractivity contribution in [2.75, 3.05) is 25.3 Å². The predicted molar refractivity (Wildman–Crippen MR) is 115 cm³/mol. The Morgan fingerprint density at radius 1 is 1.17 bits per heavy atom. The molecule has 3 rings (SSSR count). The van der Waals surface area contributed by atoms with Crippen molar-refractivity contribution in [2.45, 2.75) is 11.7 Å². The molecule has 1 amide bonds. The van der Waals surface area contributed by atoms with E-state index in [9.17, 15) is 4.79 Å². The molecule has 1 heterocycles. The fourth-order valence-electron chi connectivity index (χ4n) is 2.73. The van der Waals surface area contributed by atoms with Crippen LogP contribution < -0.4 is 14.8 Å². The summed E-state index contributed by atoms with van der Waals surface area (Å²) < 4.78 is 12.5. The summed E-state index contributed by atoms with van der Waals surface area (Å²) in [7, 11) is 3.19. The minimum absolute atomic E-state index is 0.157. The molecule has 0 fully saturated rings. The number of nitrogens with one attached hydrogen (secondary N) is 1. The Labute approximate surface area is 173 Å². The molecule has 3 aromatic rings. The van der Waals surface area contributed by atoms with Crippen LogP contribution in [0.3, 0.4) is 0 Å². The number of anilines is 1. The second-order valence-electron chi connectivity index (χ2n) is 5.97. The Kier molecular flexibility index (Phi) is 6.91. The summed E-state index contributed by atoms with van der Waals surface area (Å²) in [5.74, 6) is 2.07. The highest BCUT2D eigenvalue weighted by atomic mass is 32.2. The summed E-state index contributed by atoms with van der Waals surface area (Å²) in [6.45, 7) is 4.34. The van der Waals surface area contributed by atoms with Gasteiger partial charge < -0.3 is 14.8 Å². The van der Waals surface area contributed by atoms with E-state index < -0.39 is 0 Å². The summed E-state index contributed by atoms with van der Waals surface area (Å²) in [6, 6.07) is 14.9. The zero-order valence-corrected chi connectivity index (χ0v) is 17.1. The number of nitrogens with zero attached hydrogens (tertiary/aromatic N) is 3. The van der Waals surface area contributed by atoms with Crippen molar-refractivity contribution in [2.24, 2.45) is 0 Å². The SMILES string of the molecule is C=CCn1c(SCC(=O)Nc2ccccc2OC)nnc1-c1cccc(OC)c1. The molecule has 8 heteroatoms. The number of hydrogen-bond acceptors (Lipinski definition) is 6. The third-order valence-corrected chi connectivity index (χ3v) is 5.04. The molecule has 2 aromatic carbocycles. The van der Waals surface area contributed by atoms with Gasteiger partial charge in [-0.2, -0.15) is 0 Å². The van der Waals surface area contributed by atoms with Gasteiger partial charge in [0.25, 0.3) is 0 Å². The fraction of sp³-hybridized carbons (Fsp3) is 0.190. The van der Waals surface area contributed by atoms with Crippen LogP contribution in [-0.2, 0) is 11.3 Å².